The molecule has 10 heteroatoms. The Kier molecular flexibility index (Phi) is 6.92. The molecule has 1 spiro atoms. The van der Waals surface area contributed by atoms with E-state index < -0.39 is 0 Å². The van der Waals surface area contributed by atoms with Crippen LogP contribution in [0.25, 0.3) is 0 Å². The van der Waals surface area contributed by atoms with E-state index in [0.717, 1.165) is 63.9 Å². The van der Waals surface area contributed by atoms with Gasteiger partial charge in [-0.05, 0) is 63.9 Å². The van der Waals surface area contributed by atoms with E-state index in [9.17, 15) is 4.79 Å². The minimum atomic E-state index is 0.164. The van der Waals surface area contributed by atoms with Gasteiger partial charge in [-0.25, -0.2) is 9.78 Å². The van der Waals surface area contributed by atoms with Gasteiger partial charge in [-0.3, -0.25) is 5.10 Å². The molecule has 2 amide bonds. The number of aromatic amines is 1. The third-order valence-electron chi connectivity index (χ3n) is 9.16. The van der Waals surface area contributed by atoms with Gasteiger partial charge in [-0.2, -0.15) is 10.1 Å². The summed E-state index contributed by atoms with van der Waals surface area (Å²) in [6.07, 6.45) is 15.1. The van der Waals surface area contributed by atoms with E-state index in [-0.39, 0.29) is 18.0 Å². The standard InChI is InChI=1S/C27H40N8O2/c28-25-29-13-10-23(32-25)31-24-15-22(33-34-24)18-6-7-21(14-18)35(20-4-2-1-3-5-20)26(36)30-19-8-11-27(12-9-19)16-37-17-27/h10,13,15,18-21H,1-9,11-12,14,16-17H2,(H,30,36)(H4,28,29,31,32,33,34). The summed E-state index contributed by atoms with van der Waals surface area (Å²) < 4.78 is 5.48. The number of hydrogen-bond donors (Lipinski definition) is 4. The maximum absolute atomic E-state index is 13.8. The van der Waals surface area contributed by atoms with Crippen molar-refractivity contribution >= 4 is 23.6 Å². The van der Waals surface area contributed by atoms with E-state index >= 15 is 0 Å². The molecular formula is C27H40N8O2. The third kappa shape index (κ3) is 5.39. The van der Waals surface area contributed by atoms with Crippen molar-refractivity contribution in [1.29, 1.82) is 0 Å². The second-order valence-corrected chi connectivity index (χ2v) is 11.7. The molecule has 4 aliphatic rings. The van der Waals surface area contributed by atoms with Gasteiger partial charge in [0.25, 0.3) is 0 Å². The van der Waals surface area contributed by atoms with E-state index in [1.54, 1.807) is 12.3 Å². The largest absolute Gasteiger partial charge is 0.380 e. The number of hydrogen-bond acceptors (Lipinski definition) is 7. The van der Waals surface area contributed by atoms with Crippen LogP contribution in [0.2, 0.25) is 0 Å². The molecule has 5 N–H and O–H groups in total. The summed E-state index contributed by atoms with van der Waals surface area (Å²) in [5.74, 6) is 1.92. The molecule has 6 rings (SSSR count). The number of urea groups is 1. The number of nitrogens with zero attached hydrogens (tertiary/aromatic N) is 4. The quantitative estimate of drug-likeness (QED) is 0.452. The first-order chi connectivity index (χ1) is 18.1. The Hall–Kier alpha value is -2.88. The number of nitrogen functional groups attached to an aromatic ring is 1. The lowest BCUT2D eigenvalue weighted by atomic mass is 9.71. The van der Waals surface area contributed by atoms with Crippen molar-refractivity contribution in [3.05, 3.63) is 24.0 Å². The number of amides is 2. The number of H-pyrrole nitrogens is 1. The van der Waals surface area contributed by atoms with Crippen LogP contribution in [0.15, 0.2) is 18.3 Å². The molecule has 3 aliphatic carbocycles. The fourth-order valence-corrected chi connectivity index (χ4v) is 6.97. The molecule has 2 atom stereocenters. The molecule has 1 aliphatic heterocycles. The highest BCUT2D eigenvalue weighted by Crippen LogP contribution is 2.43. The Morgan fingerprint density at radius 1 is 1.05 bits per heavy atom. The van der Waals surface area contributed by atoms with E-state index in [0.29, 0.717) is 35.1 Å². The van der Waals surface area contributed by atoms with Crippen LogP contribution in [0.1, 0.15) is 88.7 Å². The lowest BCUT2D eigenvalue weighted by Gasteiger charge is -2.47. The van der Waals surface area contributed by atoms with Gasteiger partial charge in [0.05, 0.1) is 13.2 Å². The van der Waals surface area contributed by atoms with Gasteiger partial charge in [0.2, 0.25) is 5.95 Å². The number of nitrogens with one attached hydrogen (secondary N) is 3. The normalized spacial score (nSPS) is 26.1. The van der Waals surface area contributed by atoms with Crippen molar-refractivity contribution in [2.75, 3.05) is 24.3 Å². The summed E-state index contributed by atoms with van der Waals surface area (Å²) in [5, 5.41) is 14.3. The number of nitrogens with two attached hydrogens (primary N) is 1. The van der Waals surface area contributed by atoms with Crippen molar-refractivity contribution in [3.63, 3.8) is 0 Å². The van der Waals surface area contributed by atoms with Gasteiger partial charge in [0.15, 0.2) is 5.82 Å². The zero-order valence-electron chi connectivity index (χ0n) is 21.6. The van der Waals surface area contributed by atoms with Crippen LogP contribution in [-0.2, 0) is 4.74 Å². The van der Waals surface area contributed by atoms with E-state index in [1.807, 2.05) is 0 Å². The minimum Gasteiger partial charge on any atom is -0.380 e. The number of ether oxygens (including phenoxy) is 1. The molecule has 4 fully saturated rings. The topological polar surface area (TPSA) is 134 Å². The SMILES string of the molecule is Nc1nccc(Nc2cc(C3CCC(N(C(=O)NC4CCC5(CC4)COC5)C4CCCCC4)C3)[nH]n2)n1. The minimum absolute atomic E-state index is 0.164. The third-order valence-corrected chi connectivity index (χ3v) is 9.16. The van der Waals surface area contributed by atoms with E-state index in [2.05, 4.69) is 41.8 Å². The second kappa shape index (κ2) is 10.5. The lowest BCUT2D eigenvalue weighted by molar-refractivity contribution is -0.133. The van der Waals surface area contributed by atoms with Gasteiger partial charge < -0.3 is 26.0 Å². The van der Waals surface area contributed by atoms with Crippen LogP contribution in [-0.4, -0.2) is 62.4 Å². The van der Waals surface area contributed by atoms with Crippen LogP contribution in [0.5, 0.6) is 0 Å². The van der Waals surface area contributed by atoms with Crippen molar-refractivity contribution in [2.45, 2.75) is 101 Å². The first-order valence-electron chi connectivity index (χ1n) is 14.1. The van der Waals surface area contributed by atoms with Crippen LogP contribution < -0.4 is 16.4 Å². The number of carbonyl (C=O) groups is 1. The molecule has 10 nitrogen and oxygen atoms in total. The summed E-state index contributed by atoms with van der Waals surface area (Å²) in [4.78, 5) is 24.1. The van der Waals surface area contributed by atoms with Crippen LogP contribution in [0.4, 0.5) is 22.4 Å². The first kappa shape index (κ1) is 24.5. The molecule has 0 bridgehead atoms. The molecule has 2 unspecified atom stereocenters. The Morgan fingerprint density at radius 2 is 1.86 bits per heavy atom. The molecule has 200 valence electrons. The summed E-state index contributed by atoms with van der Waals surface area (Å²) >= 11 is 0. The smallest absolute Gasteiger partial charge is 0.318 e. The summed E-state index contributed by atoms with van der Waals surface area (Å²) in [6, 6.07) is 4.90. The molecule has 2 aromatic heterocycles. The fourth-order valence-electron chi connectivity index (χ4n) is 6.97. The maximum Gasteiger partial charge on any atom is 0.318 e. The van der Waals surface area contributed by atoms with Gasteiger partial charge >= 0.3 is 6.03 Å². The predicted octanol–water partition coefficient (Wildman–Crippen LogP) is 4.47. The zero-order chi connectivity index (χ0) is 25.2. The Balaban J connectivity index is 1.10. The molecule has 2 aromatic rings. The zero-order valence-corrected chi connectivity index (χ0v) is 21.6. The molecule has 0 radical (unpaired) electrons. The highest BCUT2D eigenvalue weighted by Gasteiger charge is 2.43. The monoisotopic (exact) mass is 508 g/mol. The Labute approximate surface area is 218 Å². The van der Waals surface area contributed by atoms with Gasteiger partial charge in [-0.15, -0.1) is 0 Å². The van der Waals surface area contributed by atoms with Crippen LogP contribution >= 0.6 is 0 Å². The highest BCUT2D eigenvalue weighted by atomic mass is 16.5. The summed E-state index contributed by atoms with van der Waals surface area (Å²) in [6.45, 7) is 1.81. The van der Waals surface area contributed by atoms with Gasteiger partial charge in [0, 0.05) is 47.4 Å². The molecule has 1 saturated heterocycles. The maximum atomic E-state index is 13.8. The molecule has 37 heavy (non-hydrogen) atoms. The second-order valence-electron chi connectivity index (χ2n) is 11.7. The lowest BCUT2D eigenvalue weighted by Crippen LogP contribution is -2.55. The number of anilines is 3. The predicted molar refractivity (Wildman–Crippen MR) is 141 cm³/mol. The van der Waals surface area contributed by atoms with Crippen molar-refractivity contribution in [1.82, 2.24) is 30.4 Å². The average Bonchev–Trinajstić information content (AvgIpc) is 3.55. The fraction of sp³-hybridized carbons (Fsp3) is 0.704. The molecule has 3 heterocycles. The molecule has 0 aromatic carbocycles. The van der Waals surface area contributed by atoms with Crippen molar-refractivity contribution < 1.29 is 9.53 Å². The first-order valence-corrected chi connectivity index (χ1v) is 14.1. The van der Waals surface area contributed by atoms with Crippen LogP contribution in [0.3, 0.4) is 0 Å². The average molecular weight is 509 g/mol. The number of carbonyl (C=O) groups excluding carboxylic acids is 1. The van der Waals surface area contributed by atoms with Crippen molar-refractivity contribution in [3.8, 4) is 0 Å². The Bertz CT molecular complexity index is 1070. The van der Waals surface area contributed by atoms with E-state index in [4.69, 9.17) is 10.5 Å². The highest BCUT2D eigenvalue weighted by molar-refractivity contribution is 5.75. The Morgan fingerprint density at radius 3 is 2.59 bits per heavy atom. The molecule has 3 saturated carbocycles. The summed E-state index contributed by atoms with van der Waals surface area (Å²) in [5.41, 5.74) is 7.20. The van der Waals surface area contributed by atoms with Crippen molar-refractivity contribution in [2.24, 2.45) is 5.41 Å². The van der Waals surface area contributed by atoms with Gasteiger partial charge in [-0.1, -0.05) is 19.3 Å². The number of aromatic nitrogens is 4. The van der Waals surface area contributed by atoms with Crippen LogP contribution in [0, 0.1) is 5.41 Å². The number of rotatable bonds is 6. The molecular weight excluding hydrogens is 468 g/mol. The van der Waals surface area contributed by atoms with E-state index in [1.165, 1.54) is 32.1 Å². The summed E-state index contributed by atoms with van der Waals surface area (Å²) in [7, 11) is 0. The van der Waals surface area contributed by atoms with Gasteiger partial charge in [0.1, 0.15) is 5.82 Å².